The molecule has 0 unspecified atom stereocenters. The molecule has 1 aliphatic carbocycles. The highest BCUT2D eigenvalue weighted by Gasteiger charge is 2.22. The molecule has 154 valence electrons. The van der Waals surface area contributed by atoms with Crippen LogP contribution in [0.3, 0.4) is 0 Å². The van der Waals surface area contributed by atoms with E-state index in [1.54, 1.807) is 12.4 Å². The molecule has 1 aromatic rings. The number of carbonyl (C=O) groups is 2. The number of aromatic nitrogens is 2. The molecule has 1 atom stereocenters. The molecule has 7 nitrogen and oxygen atoms in total. The summed E-state index contributed by atoms with van der Waals surface area (Å²) in [5.41, 5.74) is 0.540. The van der Waals surface area contributed by atoms with Crippen molar-refractivity contribution in [1.29, 1.82) is 0 Å². The number of ether oxygens (including phenoxy) is 1. The summed E-state index contributed by atoms with van der Waals surface area (Å²) in [5, 5.41) is 6.32. The van der Waals surface area contributed by atoms with Gasteiger partial charge < -0.3 is 15.4 Å². The second-order valence-corrected chi connectivity index (χ2v) is 7.76. The average molecular weight is 389 g/mol. The molecule has 0 aromatic carbocycles. The topological polar surface area (TPSA) is 93.2 Å². The van der Waals surface area contributed by atoms with E-state index in [1.807, 2.05) is 0 Å². The number of esters is 1. The van der Waals surface area contributed by atoms with Crippen LogP contribution < -0.4 is 10.6 Å². The molecule has 28 heavy (non-hydrogen) atoms. The first kappa shape index (κ1) is 21.9. The number of amides is 1. The van der Waals surface area contributed by atoms with Crippen molar-refractivity contribution in [2.24, 2.45) is 11.8 Å². The number of hydrogen-bond acceptors (Lipinski definition) is 6. The summed E-state index contributed by atoms with van der Waals surface area (Å²) in [7, 11) is 1.32. The van der Waals surface area contributed by atoms with Crippen molar-refractivity contribution in [3.8, 4) is 0 Å². The van der Waals surface area contributed by atoms with Gasteiger partial charge in [-0.15, -0.1) is 0 Å². The molecule has 1 aromatic heterocycles. The van der Waals surface area contributed by atoms with Crippen LogP contribution in [0.2, 0.25) is 0 Å². The standard InChI is InChI=1S/C21H32N4O3/c1-15(2)11-18(21(27)24-12-16-7-5-4-6-8-16)25-19-14-22-17(13-23-19)9-10-20(26)28-3/h9-10,13-16,18H,4-8,11-12H2,1-3H3,(H,23,25)(H,24,27)/b10-9+/t18-/m1/s1. The third-order valence-corrected chi connectivity index (χ3v) is 4.90. The molecule has 0 aliphatic heterocycles. The van der Waals surface area contributed by atoms with Crippen molar-refractivity contribution in [2.75, 3.05) is 19.0 Å². The van der Waals surface area contributed by atoms with Crippen molar-refractivity contribution in [2.45, 2.75) is 58.4 Å². The quantitative estimate of drug-likeness (QED) is 0.498. The van der Waals surface area contributed by atoms with Crippen LogP contribution in [0, 0.1) is 11.8 Å². The van der Waals surface area contributed by atoms with Crippen molar-refractivity contribution in [3.63, 3.8) is 0 Å². The van der Waals surface area contributed by atoms with Crippen LogP contribution in [-0.4, -0.2) is 41.5 Å². The number of nitrogens with zero attached hydrogens (tertiary/aromatic N) is 2. The minimum Gasteiger partial charge on any atom is -0.466 e. The van der Waals surface area contributed by atoms with Gasteiger partial charge in [0.15, 0.2) is 0 Å². The first-order valence-corrected chi connectivity index (χ1v) is 10.1. The predicted molar refractivity (Wildman–Crippen MR) is 110 cm³/mol. The summed E-state index contributed by atoms with van der Waals surface area (Å²) >= 11 is 0. The van der Waals surface area contributed by atoms with Gasteiger partial charge in [-0.3, -0.25) is 9.78 Å². The van der Waals surface area contributed by atoms with Crippen LogP contribution >= 0.6 is 0 Å². The van der Waals surface area contributed by atoms with E-state index >= 15 is 0 Å². The van der Waals surface area contributed by atoms with E-state index in [0.29, 0.717) is 29.8 Å². The maximum atomic E-state index is 12.7. The van der Waals surface area contributed by atoms with Crippen LogP contribution in [-0.2, 0) is 14.3 Å². The smallest absolute Gasteiger partial charge is 0.330 e. The number of nitrogens with one attached hydrogen (secondary N) is 2. The minimum absolute atomic E-state index is 0.00994. The molecule has 1 fully saturated rings. The lowest BCUT2D eigenvalue weighted by Gasteiger charge is -2.24. The number of methoxy groups -OCH3 is 1. The van der Waals surface area contributed by atoms with Gasteiger partial charge in [0, 0.05) is 12.6 Å². The van der Waals surface area contributed by atoms with Gasteiger partial charge in [0.25, 0.3) is 0 Å². The molecule has 2 rings (SSSR count). The highest BCUT2D eigenvalue weighted by atomic mass is 16.5. The normalized spacial score (nSPS) is 16.1. The Kier molecular flexibility index (Phi) is 8.91. The second kappa shape index (κ2) is 11.4. The van der Waals surface area contributed by atoms with Gasteiger partial charge in [-0.25, -0.2) is 9.78 Å². The molecule has 7 heteroatoms. The van der Waals surface area contributed by atoms with E-state index in [-0.39, 0.29) is 11.9 Å². The molecule has 2 N–H and O–H groups in total. The SMILES string of the molecule is COC(=O)/C=C/c1cnc(N[C@H](CC(C)C)C(=O)NCC2CCCCC2)cn1. The summed E-state index contributed by atoms with van der Waals surface area (Å²) < 4.78 is 4.55. The minimum atomic E-state index is -0.448. The summed E-state index contributed by atoms with van der Waals surface area (Å²) in [5.74, 6) is 1.06. The summed E-state index contributed by atoms with van der Waals surface area (Å²) in [6, 6.07) is -0.352. The second-order valence-electron chi connectivity index (χ2n) is 7.76. The largest absolute Gasteiger partial charge is 0.466 e. The number of hydrogen-bond donors (Lipinski definition) is 2. The average Bonchev–Trinajstić information content (AvgIpc) is 2.71. The Morgan fingerprint density at radius 1 is 1.21 bits per heavy atom. The summed E-state index contributed by atoms with van der Waals surface area (Å²) in [4.78, 5) is 32.4. The van der Waals surface area contributed by atoms with Crippen molar-refractivity contribution >= 4 is 23.8 Å². The third-order valence-electron chi connectivity index (χ3n) is 4.90. The lowest BCUT2D eigenvalue weighted by molar-refractivity contribution is -0.134. The van der Waals surface area contributed by atoms with E-state index in [0.717, 1.165) is 6.54 Å². The zero-order valence-electron chi connectivity index (χ0n) is 17.1. The lowest BCUT2D eigenvalue weighted by atomic mass is 9.89. The van der Waals surface area contributed by atoms with Gasteiger partial charge in [-0.2, -0.15) is 0 Å². The zero-order chi connectivity index (χ0) is 20.4. The molecular weight excluding hydrogens is 356 g/mol. The van der Waals surface area contributed by atoms with Gasteiger partial charge in [-0.05, 0) is 37.2 Å². The Hall–Kier alpha value is -2.44. The summed E-state index contributed by atoms with van der Waals surface area (Å²) in [6.07, 6.45) is 12.9. The highest BCUT2D eigenvalue weighted by molar-refractivity contribution is 5.86. The Bertz CT molecular complexity index is 652. The molecule has 0 radical (unpaired) electrons. The van der Waals surface area contributed by atoms with E-state index in [4.69, 9.17) is 0 Å². The Morgan fingerprint density at radius 2 is 1.96 bits per heavy atom. The molecule has 1 saturated carbocycles. The Balaban J connectivity index is 1.93. The van der Waals surface area contributed by atoms with Crippen LogP contribution in [0.1, 0.15) is 58.1 Å². The van der Waals surface area contributed by atoms with Crippen LogP contribution in [0.4, 0.5) is 5.82 Å². The van der Waals surface area contributed by atoms with E-state index in [1.165, 1.54) is 51.4 Å². The van der Waals surface area contributed by atoms with Gasteiger partial charge >= 0.3 is 5.97 Å². The molecule has 1 aliphatic rings. The maximum Gasteiger partial charge on any atom is 0.330 e. The first-order chi connectivity index (χ1) is 13.5. The Morgan fingerprint density at radius 3 is 2.57 bits per heavy atom. The number of carbonyl (C=O) groups excluding carboxylic acids is 2. The van der Waals surface area contributed by atoms with E-state index in [2.05, 4.69) is 39.2 Å². The number of rotatable bonds is 9. The van der Waals surface area contributed by atoms with Gasteiger partial charge in [0.05, 0.1) is 25.2 Å². The molecule has 1 heterocycles. The highest BCUT2D eigenvalue weighted by Crippen LogP contribution is 2.23. The summed E-state index contributed by atoms with van der Waals surface area (Å²) in [6.45, 7) is 4.93. The molecule has 0 bridgehead atoms. The first-order valence-electron chi connectivity index (χ1n) is 10.1. The predicted octanol–water partition coefficient (Wildman–Crippen LogP) is 3.19. The fourth-order valence-corrected chi connectivity index (χ4v) is 3.36. The maximum absolute atomic E-state index is 12.7. The fraction of sp³-hybridized carbons (Fsp3) is 0.619. The van der Waals surface area contributed by atoms with Gasteiger partial charge in [0.1, 0.15) is 11.9 Å². The molecule has 0 spiro atoms. The van der Waals surface area contributed by atoms with Crippen LogP contribution in [0.25, 0.3) is 6.08 Å². The lowest BCUT2D eigenvalue weighted by Crippen LogP contribution is -2.42. The molecule has 0 saturated heterocycles. The third kappa shape index (κ3) is 7.66. The fourth-order valence-electron chi connectivity index (χ4n) is 3.36. The monoisotopic (exact) mass is 388 g/mol. The van der Waals surface area contributed by atoms with Crippen molar-refractivity contribution in [3.05, 3.63) is 24.2 Å². The van der Waals surface area contributed by atoms with Crippen LogP contribution in [0.5, 0.6) is 0 Å². The zero-order valence-corrected chi connectivity index (χ0v) is 17.1. The van der Waals surface area contributed by atoms with Crippen molar-refractivity contribution in [1.82, 2.24) is 15.3 Å². The molecule has 1 amide bonds. The van der Waals surface area contributed by atoms with Gasteiger partial charge in [0.2, 0.25) is 5.91 Å². The van der Waals surface area contributed by atoms with E-state index < -0.39 is 5.97 Å². The molecular formula is C21H32N4O3. The van der Waals surface area contributed by atoms with Crippen LogP contribution in [0.15, 0.2) is 18.5 Å². The van der Waals surface area contributed by atoms with Gasteiger partial charge in [-0.1, -0.05) is 33.1 Å². The van der Waals surface area contributed by atoms with E-state index in [9.17, 15) is 9.59 Å². The van der Waals surface area contributed by atoms with Crippen molar-refractivity contribution < 1.29 is 14.3 Å². The number of anilines is 1. The Labute approximate surface area is 167 Å².